The van der Waals surface area contributed by atoms with Gasteiger partial charge in [-0.25, -0.2) is 0 Å². The first-order valence-electron chi connectivity index (χ1n) is 5.48. The third kappa shape index (κ3) is 1.80. The van der Waals surface area contributed by atoms with Gasteiger partial charge in [0, 0.05) is 31.7 Å². The highest BCUT2D eigenvalue weighted by atomic mass is 79.9. The van der Waals surface area contributed by atoms with Crippen molar-refractivity contribution in [2.24, 2.45) is 5.73 Å². The summed E-state index contributed by atoms with van der Waals surface area (Å²) in [6.45, 7) is 3.78. The van der Waals surface area contributed by atoms with Crippen LogP contribution in [-0.2, 0) is 0 Å². The number of rotatable bonds is 1. The average molecular weight is 284 g/mol. The van der Waals surface area contributed by atoms with Gasteiger partial charge in [0.2, 0.25) is 0 Å². The van der Waals surface area contributed by atoms with Crippen LogP contribution in [0.1, 0.15) is 5.56 Å². The van der Waals surface area contributed by atoms with Gasteiger partial charge >= 0.3 is 0 Å². The predicted molar refractivity (Wildman–Crippen MR) is 73.4 cm³/mol. The normalized spacial score (nSPS) is 19.9. The Bertz CT molecular complexity index is 405. The van der Waals surface area contributed by atoms with E-state index in [2.05, 4.69) is 58.9 Å². The fourth-order valence-corrected chi connectivity index (χ4v) is 3.19. The molecule has 1 aromatic carbocycles. The zero-order valence-corrected chi connectivity index (χ0v) is 11.6. The predicted octanol–water partition coefficient (Wildman–Crippen LogP) is 1.97. The van der Waals surface area contributed by atoms with Crippen molar-refractivity contribution >= 4 is 27.3 Å². The van der Waals surface area contributed by atoms with E-state index in [0.717, 1.165) is 11.0 Å². The summed E-state index contributed by atoms with van der Waals surface area (Å²) in [5, 5.41) is 0. The maximum Gasteiger partial charge on any atom is 0.0746 e. The number of nitrogens with two attached hydrogens (primary N) is 1. The summed E-state index contributed by atoms with van der Waals surface area (Å²) >= 11 is 3.64. The molecule has 2 rings (SSSR count). The highest BCUT2D eigenvalue weighted by molar-refractivity contribution is 9.10. The number of aryl methyl sites for hydroxylation is 1. The van der Waals surface area contributed by atoms with Crippen molar-refractivity contribution in [2.75, 3.05) is 37.0 Å². The molecule has 0 spiro atoms. The monoisotopic (exact) mass is 283 g/mol. The lowest BCUT2D eigenvalue weighted by molar-refractivity contribution is 0.608. The van der Waals surface area contributed by atoms with Crippen molar-refractivity contribution in [1.29, 1.82) is 0 Å². The molecule has 88 valence electrons. The Balaban J connectivity index is 2.54. The fourth-order valence-electron chi connectivity index (χ4n) is 2.32. The van der Waals surface area contributed by atoms with Crippen molar-refractivity contribution < 1.29 is 0 Å². The highest BCUT2D eigenvalue weighted by Gasteiger charge is 2.27. The standard InChI is InChI=1S/C12H18BrN3/c1-8-4-10(13)12-11(5-8)16(3)9(6-14)7-15(12)2/h4-5,9H,6-7,14H2,1-3H3. The minimum atomic E-state index is 0.395. The highest BCUT2D eigenvalue weighted by Crippen LogP contribution is 2.40. The molecule has 0 aromatic heterocycles. The molecule has 4 heteroatoms. The summed E-state index contributed by atoms with van der Waals surface area (Å²) in [5.41, 5.74) is 9.60. The van der Waals surface area contributed by atoms with Crippen LogP contribution in [0.15, 0.2) is 16.6 Å². The van der Waals surface area contributed by atoms with Crippen LogP contribution in [-0.4, -0.2) is 33.2 Å². The molecule has 0 saturated heterocycles. The van der Waals surface area contributed by atoms with Gasteiger partial charge in [-0.05, 0) is 40.5 Å². The Morgan fingerprint density at radius 2 is 2.12 bits per heavy atom. The molecule has 0 bridgehead atoms. The molecule has 3 nitrogen and oxygen atoms in total. The van der Waals surface area contributed by atoms with Crippen molar-refractivity contribution in [1.82, 2.24) is 0 Å². The molecule has 1 heterocycles. The van der Waals surface area contributed by atoms with E-state index < -0.39 is 0 Å². The van der Waals surface area contributed by atoms with E-state index in [1.165, 1.54) is 16.9 Å². The molecule has 16 heavy (non-hydrogen) atoms. The molecule has 1 aromatic rings. The summed E-state index contributed by atoms with van der Waals surface area (Å²) in [6.07, 6.45) is 0. The van der Waals surface area contributed by atoms with Gasteiger partial charge in [0.1, 0.15) is 0 Å². The Labute approximate surface area is 105 Å². The number of hydrogen-bond acceptors (Lipinski definition) is 3. The minimum Gasteiger partial charge on any atom is -0.370 e. The van der Waals surface area contributed by atoms with E-state index >= 15 is 0 Å². The Morgan fingerprint density at radius 1 is 1.44 bits per heavy atom. The Kier molecular flexibility index (Phi) is 3.13. The molecule has 1 aliphatic heterocycles. The average Bonchev–Trinajstić information content (AvgIpc) is 2.22. The van der Waals surface area contributed by atoms with E-state index in [0.29, 0.717) is 12.6 Å². The lowest BCUT2D eigenvalue weighted by Crippen LogP contribution is -2.49. The summed E-state index contributed by atoms with van der Waals surface area (Å²) in [4.78, 5) is 4.56. The third-order valence-corrected chi connectivity index (χ3v) is 3.86. The first-order chi connectivity index (χ1) is 7.54. The number of likely N-dealkylation sites (N-methyl/N-ethyl adjacent to an activating group) is 2. The lowest BCUT2D eigenvalue weighted by atomic mass is 10.1. The van der Waals surface area contributed by atoms with E-state index in [-0.39, 0.29) is 0 Å². The number of hydrogen-bond donors (Lipinski definition) is 1. The molecule has 1 aliphatic rings. The van der Waals surface area contributed by atoms with Crippen molar-refractivity contribution in [3.05, 3.63) is 22.2 Å². The Morgan fingerprint density at radius 3 is 2.75 bits per heavy atom. The van der Waals surface area contributed by atoms with Gasteiger partial charge < -0.3 is 15.5 Å². The molecular formula is C12H18BrN3. The molecular weight excluding hydrogens is 266 g/mol. The second-order valence-corrected chi connectivity index (χ2v) is 5.35. The van der Waals surface area contributed by atoms with Crippen LogP contribution in [0.3, 0.4) is 0 Å². The lowest BCUT2D eigenvalue weighted by Gasteiger charge is -2.41. The van der Waals surface area contributed by atoms with E-state index in [1.54, 1.807) is 0 Å². The maximum absolute atomic E-state index is 5.81. The van der Waals surface area contributed by atoms with Crippen LogP contribution in [0.25, 0.3) is 0 Å². The summed E-state index contributed by atoms with van der Waals surface area (Å²) < 4.78 is 1.16. The van der Waals surface area contributed by atoms with Crippen LogP contribution < -0.4 is 15.5 Å². The fraction of sp³-hybridized carbons (Fsp3) is 0.500. The number of benzene rings is 1. The van der Waals surface area contributed by atoms with Gasteiger partial charge in [-0.2, -0.15) is 0 Å². The van der Waals surface area contributed by atoms with E-state index in [9.17, 15) is 0 Å². The zero-order chi connectivity index (χ0) is 11.9. The topological polar surface area (TPSA) is 32.5 Å². The van der Waals surface area contributed by atoms with Crippen LogP contribution in [0.2, 0.25) is 0 Å². The molecule has 2 N–H and O–H groups in total. The Hall–Kier alpha value is -0.740. The third-order valence-electron chi connectivity index (χ3n) is 3.25. The summed E-state index contributed by atoms with van der Waals surface area (Å²) in [6, 6.07) is 4.77. The summed E-state index contributed by atoms with van der Waals surface area (Å²) in [5.74, 6) is 0. The number of halogens is 1. The van der Waals surface area contributed by atoms with Gasteiger partial charge in [0.25, 0.3) is 0 Å². The van der Waals surface area contributed by atoms with Crippen LogP contribution in [0.5, 0.6) is 0 Å². The second kappa shape index (κ2) is 4.26. The minimum absolute atomic E-state index is 0.395. The molecule has 0 amide bonds. The number of nitrogens with zero attached hydrogens (tertiary/aromatic N) is 2. The first kappa shape index (κ1) is 11.7. The van der Waals surface area contributed by atoms with Gasteiger partial charge in [0.15, 0.2) is 0 Å². The molecule has 0 radical (unpaired) electrons. The largest absolute Gasteiger partial charge is 0.370 e. The number of fused-ring (bicyclic) bond motifs is 1. The molecule has 0 fully saturated rings. The van der Waals surface area contributed by atoms with Gasteiger partial charge in [-0.3, -0.25) is 0 Å². The van der Waals surface area contributed by atoms with Gasteiger partial charge in [-0.15, -0.1) is 0 Å². The zero-order valence-electron chi connectivity index (χ0n) is 10.00. The molecule has 1 atom stereocenters. The summed E-state index contributed by atoms with van der Waals surface area (Å²) in [7, 11) is 4.24. The van der Waals surface area contributed by atoms with Gasteiger partial charge in [0.05, 0.1) is 17.4 Å². The maximum atomic E-state index is 5.81. The van der Waals surface area contributed by atoms with Crippen LogP contribution in [0.4, 0.5) is 11.4 Å². The SMILES string of the molecule is Cc1cc(Br)c2c(c1)N(C)C(CN)CN2C. The molecule has 0 aliphatic carbocycles. The van der Waals surface area contributed by atoms with Crippen LogP contribution >= 0.6 is 15.9 Å². The van der Waals surface area contributed by atoms with E-state index in [4.69, 9.17) is 5.73 Å². The molecule has 1 unspecified atom stereocenters. The number of anilines is 2. The van der Waals surface area contributed by atoms with Crippen LogP contribution in [0, 0.1) is 6.92 Å². The smallest absolute Gasteiger partial charge is 0.0746 e. The van der Waals surface area contributed by atoms with E-state index in [1.807, 2.05) is 0 Å². The molecule has 0 saturated carbocycles. The first-order valence-corrected chi connectivity index (χ1v) is 6.28. The van der Waals surface area contributed by atoms with Gasteiger partial charge in [-0.1, -0.05) is 0 Å². The quantitative estimate of drug-likeness (QED) is 0.856. The second-order valence-electron chi connectivity index (χ2n) is 4.50. The van der Waals surface area contributed by atoms with Crippen molar-refractivity contribution in [3.8, 4) is 0 Å². The van der Waals surface area contributed by atoms with Crippen molar-refractivity contribution in [2.45, 2.75) is 13.0 Å². The van der Waals surface area contributed by atoms with Crippen molar-refractivity contribution in [3.63, 3.8) is 0 Å².